The Morgan fingerprint density at radius 2 is 1.74 bits per heavy atom. The molecule has 0 radical (unpaired) electrons. The topological polar surface area (TPSA) is 22.9 Å². The second-order valence-electron chi connectivity index (χ2n) is 9.36. The molecule has 0 bridgehead atoms. The summed E-state index contributed by atoms with van der Waals surface area (Å²) in [4.78, 5) is 5.74. The van der Waals surface area contributed by atoms with Crippen molar-refractivity contribution in [2.75, 3.05) is 18.0 Å². The van der Waals surface area contributed by atoms with Crippen LogP contribution < -0.4 is 8.87 Å². The number of alkyl halides is 3. The molecular weight excluding hydrogens is 467 g/mol. The molecule has 6 rings (SSSR count). The molecule has 0 saturated carbocycles. The van der Waals surface area contributed by atoms with Crippen LogP contribution in [0.3, 0.4) is 0 Å². The minimum Gasteiger partial charge on any atom is -0.371 e. The molecule has 0 amide bonds. The summed E-state index contributed by atoms with van der Waals surface area (Å²) in [7, 11) is 0. The molecule has 0 unspecified atom stereocenters. The average Bonchev–Trinajstić information content (AvgIpc) is 3.46. The predicted octanol–water partition coefficient (Wildman–Crippen LogP) is 6.64. The molecular formula is C28H25F3N3S+. The molecule has 0 spiro atoms. The summed E-state index contributed by atoms with van der Waals surface area (Å²) in [5, 5.41) is 0. The molecule has 1 aromatic heterocycles. The van der Waals surface area contributed by atoms with Gasteiger partial charge >= 0.3 is 12.0 Å². The third-order valence-electron chi connectivity index (χ3n) is 7.39. The number of H-pyrrole nitrogens is 1. The Hall–Kier alpha value is -3.19. The lowest BCUT2D eigenvalue weighted by atomic mass is 9.87. The number of thiol groups is 1. The van der Waals surface area contributed by atoms with Gasteiger partial charge in [-0.25, -0.2) is 4.98 Å². The molecule has 3 nitrogen and oxygen atoms in total. The van der Waals surface area contributed by atoms with Crippen LogP contribution in [0.25, 0.3) is 22.5 Å². The van der Waals surface area contributed by atoms with Crippen LogP contribution in [-0.2, 0) is 12.6 Å². The zero-order valence-electron chi connectivity index (χ0n) is 19.0. The highest BCUT2D eigenvalue weighted by Gasteiger charge is 2.33. The Morgan fingerprint density at radius 1 is 0.943 bits per heavy atom. The van der Waals surface area contributed by atoms with E-state index >= 15 is 0 Å². The zero-order valence-corrected chi connectivity index (χ0v) is 19.9. The zero-order chi connectivity index (χ0) is 24.2. The number of benzene rings is 3. The van der Waals surface area contributed by atoms with E-state index in [1.807, 2.05) is 22.4 Å². The standard InChI is InChI=1S/C28H24F3N3S/c29-28(30,31)21-6-3-5-19(16-21)18-10-13-33(14-11-18)25-9-8-23-22-7-2-1-4-20(22)17-24(23)26(25)27-32-12-15-34(27)35/h1-9,12,15-16,18,35H,10-11,13-14,17H2/p+1. The summed E-state index contributed by atoms with van der Waals surface area (Å²) in [6.45, 7) is 1.57. The first-order chi connectivity index (χ1) is 16.9. The Labute approximate surface area is 207 Å². The predicted molar refractivity (Wildman–Crippen MR) is 135 cm³/mol. The summed E-state index contributed by atoms with van der Waals surface area (Å²) in [5.41, 5.74) is 7.64. The van der Waals surface area contributed by atoms with Gasteiger partial charge in [-0.05, 0) is 65.1 Å². The fourth-order valence-electron chi connectivity index (χ4n) is 5.66. The Bertz CT molecular complexity index is 1400. The SMILES string of the molecule is FC(F)(F)c1cccc(C2CCN(c3ccc4c(c3-c3[nH]cc[n+]3S)Cc3ccccc3-4)CC2)c1. The van der Waals surface area contributed by atoms with Crippen molar-refractivity contribution < 1.29 is 17.1 Å². The molecule has 1 aliphatic carbocycles. The first-order valence-electron chi connectivity index (χ1n) is 11.8. The molecule has 35 heavy (non-hydrogen) atoms. The summed E-state index contributed by atoms with van der Waals surface area (Å²) in [6.07, 6.45) is 1.94. The summed E-state index contributed by atoms with van der Waals surface area (Å²) in [6, 6.07) is 18.7. The molecule has 0 atom stereocenters. The summed E-state index contributed by atoms with van der Waals surface area (Å²) in [5.74, 6) is 1.06. The largest absolute Gasteiger partial charge is 0.416 e. The molecule has 1 N–H and O–H groups in total. The molecule has 3 aromatic carbocycles. The van der Waals surface area contributed by atoms with Crippen LogP contribution in [0.15, 0.2) is 73.1 Å². The van der Waals surface area contributed by atoms with Gasteiger partial charge in [0.05, 0.1) is 16.8 Å². The van der Waals surface area contributed by atoms with E-state index in [2.05, 4.69) is 59.1 Å². The number of fused-ring (bicyclic) bond motifs is 3. The molecule has 1 saturated heterocycles. The number of aromatic nitrogens is 2. The van der Waals surface area contributed by atoms with Crippen LogP contribution in [0.4, 0.5) is 18.9 Å². The quantitative estimate of drug-likeness (QED) is 0.214. The van der Waals surface area contributed by atoms with Crippen molar-refractivity contribution in [3.63, 3.8) is 0 Å². The van der Waals surface area contributed by atoms with E-state index in [1.54, 1.807) is 0 Å². The molecule has 1 aliphatic heterocycles. The highest BCUT2D eigenvalue weighted by molar-refractivity contribution is 7.73. The fourth-order valence-corrected chi connectivity index (χ4v) is 5.89. The van der Waals surface area contributed by atoms with Gasteiger partial charge < -0.3 is 4.90 Å². The van der Waals surface area contributed by atoms with Crippen molar-refractivity contribution >= 4 is 18.5 Å². The number of hydrogen-bond acceptors (Lipinski definition) is 2. The Balaban J connectivity index is 1.33. The average molecular weight is 493 g/mol. The lowest BCUT2D eigenvalue weighted by Gasteiger charge is -2.35. The Morgan fingerprint density at radius 3 is 2.49 bits per heavy atom. The van der Waals surface area contributed by atoms with Crippen LogP contribution in [0.5, 0.6) is 0 Å². The third-order valence-corrected chi connectivity index (χ3v) is 7.72. The monoisotopic (exact) mass is 492 g/mol. The van der Waals surface area contributed by atoms with E-state index in [0.29, 0.717) is 0 Å². The highest BCUT2D eigenvalue weighted by atomic mass is 32.1. The van der Waals surface area contributed by atoms with E-state index in [0.717, 1.165) is 61.1 Å². The van der Waals surface area contributed by atoms with Crippen LogP contribution in [0.1, 0.15) is 41.0 Å². The number of hydrogen-bond donors (Lipinski definition) is 2. The molecule has 2 aliphatic rings. The van der Waals surface area contributed by atoms with Crippen molar-refractivity contribution in [3.8, 4) is 22.5 Å². The maximum absolute atomic E-state index is 13.2. The van der Waals surface area contributed by atoms with Crippen molar-refractivity contribution in [3.05, 3.63) is 95.3 Å². The van der Waals surface area contributed by atoms with Gasteiger partial charge in [0.2, 0.25) is 0 Å². The van der Waals surface area contributed by atoms with Gasteiger partial charge in [-0.3, -0.25) is 0 Å². The number of nitrogens with one attached hydrogen (secondary N) is 1. The summed E-state index contributed by atoms with van der Waals surface area (Å²) < 4.78 is 41.5. The van der Waals surface area contributed by atoms with Crippen LogP contribution in [-0.4, -0.2) is 18.1 Å². The first-order valence-corrected chi connectivity index (χ1v) is 12.2. The second kappa shape index (κ2) is 8.48. The van der Waals surface area contributed by atoms with Gasteiger partial charge in [-0.15, -0.1) is 0 Å². The van der Waals surface area contributed by atoms with E-state index < -0.39 is 11.7 Å². The van der Waals surface area contributed by atoms with Crippen LogP contribution in [0.2, 0.25) is 0 Å². The van der Waals surface area contributed by atoms with Gasteiger partial charge in [0, 0.05) is 25.9 Å². The number of anilines is 1. The van der Waals surface area contributed by atoms with Gasteiger partial charge in [0.25, 0.3) is 0 Å². The van der Waals surface area contributed by atoms with Crippen molar-refractivity contribution in [2.45, 2.75) is 31.4 Å². The highest BCUT2D eigenvalue weighted by Crippen LogP contribution is 2.46. The molecule has 2 heterocycles. The van der Waals surface area contributed by atoms with E-state index in [9.17, 15) is 13.2 Å². The fraction of sp³-hybridized carbons (Fsp3) is 0.250. The normalized spacial score (nSPS) is 15.8. The maximum Gasteiger partial charge on any atom is 0.416 e. The van der Waals surface area contributed by atoms with E-state index in [4.69, 9.17) is 0 Å². The number of imidazole rings is 1. The number of halogens is 3. The van der Waals surface area contributed by atoms with E-state index in [1.165, 1.54) is 34.4 Å². The smallest absolute Gasteiger partial charge is 0.371 e. The lowest BCUT2D eigenvalue weighted by molar-refractivity contribution is -0.474. The first kappa shape index (κ1) is 22.3. The lowest BCUT2D eigenvalue weighted by Crippen LogP contribution is -2.34. The number of piperidine rings is 1. The van der Waals surface area contributed by atoms with Gasteiger partial charge in [0.15, 0.2) is 0 Å². The molecule has 1 fully saturated rings. The number of rotatable bonds is 3. The van der Waals surface area contributed by atoms with Crippen molar-refractivity contribution in [2.24, 2.45) is 0 Å². The molecule has 178 valence electrons. The van der Waals surface area contributed by atoms with Crippen molar-refractivity contribution in [1.29, 1.82) is 0 Å². The van der Waals surface area contributed by atoms with Gasteiger partial charge in [0.1, 0.15) is 12.4 Å². The van der Waals surface area contributed by atoms with Crippen LogP contribution >= 0.6 is 12.8 Å². The minimum absolute atomic E-state index is 0.121. The van der Waals surface area contributed by atoms with Gasteiger partial charge in [-0.2, -0.15) is 17.1 Å². The second-order valence-corrected chi connectivity index (χ2v) is 9.79. The minimum atomic E-state index is -4.31. The molecule has 4 aromatic rings. The summed E-state index contributed by atoms with van der Waals surface area (Å²) >= 11 is 4.64. The van der Waals surface area contributed by atoms with Gasteiger partial charge in [-0.1, -0.05) is 48.5 Å². The van der Waals surface area contributed by atoms with Crippen LogP contribution in [0, 0.1) is 0 Å². The van der Waals surface area contributed by atoms with E-state index in [-0.39, 0.29) is 5.92 Å². The maximum atomic E-state index is 13.2. The van der Waals surface area contributed by atoms with Crippen molar-refractivity contribution in [1.82, 2.24) is 4.98 Å². The Kier molecular flexibility index (Phi) is 5.40. The molecule has 7 heteroatoms. The number of nitrogens with zero attached hydrogens (tertiary/aromatic N) is 2. The third kappa shape index (κ3) is 3.92. The number of aromatic amines is 1.